The predicted octanol–water partition coefficient (Wildman–Crippen LogP) is 1.70. The van der Waals surface area contributed by atoms with Gasteiger partial charge in [0.1, 0.15) is 0 Å². The molecule has 52 valence electrons. The van der Waals surface area contributed by atoms with Crippen LogP contribution in [0.5, 0.6) is 0 Å². The van der Waals surface area contributed by atoms with E-state index in [0.717, 1.165) is 0 Å². The van der Waals surface area contributed by atoms with Crippen LogP contribution in [0.2, 0.25) is 0 Å². The molecular weight excluding hydrogens is 110 g/mol. The second-order valence-electron chi connectivity index (χ2n) is 2.76. The highest BCUT2D eigenvalue weighted by atomic mass is 15.2. The lowest BCUT2D eigenvalue weighted by atomic mass is 10.0. The molecule has 0 bridgehead atoms. The molecule has 1 atom stereocenters. The first-order chi connectivity index (χ1) is 4.33. The standard InChI is InChI=1S/C8H15N/c1-3-5-6-8(4-2)7-9-8/h3,5,9H,4,6-7H2,1-2H3/b5-3+. The summed E-state index contributed by atoms with van der Waals surface area (Å²) in [5, 5.41) is 3.38. The monoisotopic (exact) mass is 125 g/mol. The lowest BCUT2D eigenvalue weighted by Gasteiger charge is -2.04. The lowest BCUT2D eigenvalue weighted by molar-refractivity contribution is 0.613. The van der Waals surface area contributed by atoms with Crippen molar-refractivity contribution in [1.82, 2.24) is 5.32 Å². The van der Waals surface area contributed by atoms with Crippen molar-refractivity contribution in [3.05, 3.63) is 12.2 Å². The number of rotatable bonds is 3. The van der Waals surface area contributed by atoms with Gasteiger partial charge in [-0.25, -0.2) is 0 Å². The van der Waals surface area contributed by atoms with Gasteiger partial charge in [-0.1, -0.05) is 19.1 Å². The molecule has 1 heteroatoms. The molecule has 9 heavy (non-hydrogen) atoms. The Hall–Kier alpha value is -0.300. The highest BCUT2D eigenvalue weighted by Gasteiger charge is 2.38. The Labute approximate surface area is 57.1 Å². The molecule has 1 unspecified atom stereocenters. The topological polar surface area (TPSA) is 21.9 Å². The summed E-state index contributed by atoms with van der Waals surface area (Å²) in [4.78, 5) is 0. The summed E-state index contributed by atoms with van der Waals surface area (Å²) in [6.07, 6.45) is 6.83. The summed E-state index contributed by atoms with van der Waals surface area (Å²) < 4.78 is 0. The molecule has 0 radical (unpaired) electrons. The van der Waals surface area contributed by atoms with Crippen LogP contribution >= 0.6 is 0 Å². The highest BCUT2D eigenvalue weighted by Crippen LogP contribution is 2.25. The molecule has 1 N–H and O–H groups in total. The summed E-state index contributed by atoms with van der Waals surface area (Å²) in [6.45, 7) is 5.53. The Morgan fingerprint density at radius 2 is 2.33 bits per heavy atom. The fraction of sp³-hybridized carbons (Fsp3) is 0.750. The van der Waals surface area contributed by atoms with Gasteiger partial charge in [0.2, 0.25) is 0 Å². The van der Waals surface area contributed by atoms with Crippen LogP contribution in [-0.4, -0.2) is 12.1 Å². The van der Waals surface area contributed by atoms with E-state index in [9.17, 15) is 0 Å². The molecule has 1 fully saturated rings. The molecular formula is C8H15N. The fourth-order valence-corrected chi connectivity index (χ4v) is 1.01. The summed E-state index contributed by atoms with van der Waals surface area (Å²) in [7, 11) is 0. The van der Waals surface area contributed by atoms with Gasteiger partial charge in [-0.2, -0.15) is 0 Å². The molecule has 1 heterocycles. The highest BCUT2D eigenvalue weighted by molar-refractivity contribution is 5.07. The molecule has 1 rings (SSSR count). The van der Waals surface area contributed by atoms with Gasteiger partial charge in [0.25, 0.3) is 0 Å². The minimum Gasteiger partial charge on any atom is -0.308 e. The molecule has 1 aliphatic rings. The molecule has 1 saturated heterocycles. The van der Waals surface area contributed by atoms with Crippen molar-refractivity contribution >= 4 is 0 Å². The van der Waals surface area contributed by atoms with E-state index in [4.69, 9.17) is 0 Å². The third-order valence-corrected chi connectivity index (χ3v) is 2.10. The van der Waals surface area contributed by atoms with Crippen LogP contribution in [0.4, 0.5) is 0 Å². The molecule has 0 aromatic rings. The van der Waals surface area contributed by atoms with E-state index in [0.29, 0.717) is 5.54 Å². The zero-order chi connectivity index (χ0) is 6.74. The van der Waals surface area contributed by atoms with E-state index in [1.54, 1.807) is 0 Å². The molecule has 0 aromatic carbocycles. The van der Waals surface area contributed by atoms with Gasteiger partial charge in [-0.05, 0) is 19.8 Å². The molecule has 0 saturated carbocycles. The summed E-state index contributed by atoms with van der Waals surface area (Å²) >= 11 is 0. The maximum absolute atomic E-state index is 3.38. The SMILES string of the molecule is C/C=C/CC1(CC)CN1. The second kappa shape index (κ2) is 2.53. The average Bonchev–Trinajstić information content (AvgIpc) is 2.65. The Morgan fingerprint density at radius 3 is 2.67 bits per heavy atom. The van der Waals surface area contributed by atoms with E-state index in [1.165, 1.54) is 19.4 Å². The number of hydrogen-bond acceptors (Lipinski definition) is 1. The largest absolute Gasteiger partial charge is 0.308 e. The Balaban J connectivity index is 2.25. The average molecular weight is 125 g/mol. The third kappa shape index (κ3) is 1.55. The first-order valence-electron chi connectivity index (χ1n) is 3.69. The second-order valence-corrected chi connectivity index (χ2v) is 2.76. The number of hydrogen-bond donors (Lipinski definition) is 1. The smallest absolute Gasteiger partial charge is 0.0339 e. The van der Waals surface area contributed by atoms with Crippen molar-refractivity contribution in [2.24, 2.45) is 0 Å². The van der Waals surface area contributed by atoms with Crippen molar-refractivity contribution in [2.45, 2.75) is 32.2 Å². The van der Waals surface area contributed by atoms with E-state index in [1.807, 2.05) is 0 Å². The maximum Gasteiger partial charge on any atom is 0.0339 e. The van der Waals surface area contributed by atoms with Crippen molar-refractivity contribution in [3.63, 3.8) is 0 Å². The van der Waals surface area contributed by atoms with Crippen LogP contribution in [0.3, 0.4) is 0 Å². The summed E-state index contributed by atoms with van der Waals surface area (Å²) in [6, 6.07) is 0. The zero-order valence-corrected chi connectivity index (χ0v) is 6.28. The molecule has 1 nitrogen and oxygen atoms in total. The fourth-order valence-electron chi connectivity index (χ4n) is 1.01. The first kappa shape index (κ1) is 6.81. The van der Waals surface area contributed by atoms with Crippen molar-refractivity contribution in [3.8, 4) is 0 Å². The molecule has 0 aromatic heterocycles. The third-order valence-electron chi connectivity index (χ3n) is 2.10. The van der Waals surface area contributed by atoms with Gasteiger partial charge in [0, 0.05) is 12.1 Å². The summed E-state index contributed by atoms with van der Waals surface area (Å²) in [5.74, 6) is 0. The van der Waals surface area contributed by atoms with Gasteiger partial charge in [0.15, 0.2) is 0 Å². The molecule has 0 aliphatic carbocycles. The van der Waals surface area contributed by atoms with Crippen LogP contribution in [-0.2, 0) is 0 Å². The van der Waals surface area contributed by atoms with Gasteiger partial charge in [-0.3, -0.25) is 0 Å². The van der Waals surface area contributed by atoms with Crippen LogP contribution in [0.1, 0.15) is 26.7 Å². The Bertz CT molecular complexity index is 112. The van der Waals surface area contributed by atoms with E-state index >= 15 is 0 Å². The van der Waals surface area contributed by atoms with Crippen LogP contribution < -0.4 is 5.32 Å². The first-order valence-corrected chi connectivity index (χ1v) is 3.69. The Morgan fingerprint density at radius 1 is 1.67 bits per heavy atom. The van der Waals surface area contributed by atoms with Crippen molar-refractivity contribution < 1.29 is 0 Å². The quantitative estimate of drug-likeness (QED) is 0.450. The van der Waals surface area contributed by atoms with Crippen LogP contribution in [0, 0.1) is 0 Å². The van der Waals surface area contributed by atoms with Gasteiger partial charge >= 0.3 is 0 Å². The molecule has 1 aliphatic heterocycles. The minimum absolute atomic E-state index is 0.506. The van der Waals surface area contributed by atoms with Crippen molar-refractivity contribution in [1.29, 1.82) is 0 Å². The van der Waals surface area contributed by atoms with Crippen LogP contribution in [0.25, 0.3) is 0 Å². The van der Waals surface area contributed by atoms with E-state index < -0.39 is 0 Å². The lowest BCUT2D eigenvalue weighted by Crippen LogP contribution is -2.11. The summed E-state index contributed by atoms with van der Waals surface area (Å²) in [5.41, 5.74) is 0.506. The molecule has 0 amide bonds. The minimum atomic E-state index is 0.506. The van der Waals surface area contributed by atoms with E-state index in [2.05, 4.69) is 31.3 Å². The zero-order valence-electron chi connectivity index (χ0n) is 6.28. The maximum atomic E-state index is 3.38. The number of nitrogens with one attached hydrogen (secondary N) is 1. The van der Waals surface area contributed by atoms with E-state index in [-0.39, 0.29) is 0 Å². The number of allylic oxidation sites excluding steroid dienone is 1. The van der Waals surface area contributed by atoms with Crippen LogP contribution in [0.15, 0.2) is 12.2 Å². The van der Waals surface area contributed by atoms with Crippen molar-refractivity contribution in [2.75, 3.05) is 6.54 Å². The van der Waals surface area contributed by atoms with Gasteiger partial charge in [-0.15, -0.1) is 0 Å². The normalized spacial score (nSPS) is 33.6. The predicted molar refractivity (Wildman–Crippen MR) is 40.5 cm³/mol. The van der Waals surface area contributed by atoms with Gasteiger partial charge < -0.3 is 5.32 Å². The molecule has 0 spiro atoms. The Kier molecular flexibility index (Phi) is 1.91. The van der Waals surface area contributed by atoms with Gasteiger partial charge in [0.05, 0.1) is 0 Å².